The molecular formula is C13H20N2S. The van der Waals surface area contributed by atoms with Gasteiger partial charge >= 0.3 is 0 Å². The highest BCUT2D eigenvalue weighted by atomic mass is 32.1. The molecule has 2 heterocycles. The average Bonchev–Trinajstić information content (AvgIpc) is 2.81. The first-order chi connectivity index (χ1) is 7.90. The van der Waals surface area contributed by atoms with Gasteiger partial charge in [-0.3, -0.25) is 0 Å². The van der Waals surface area contributed by atoms with Gasteiger partial charge in [0.25, 0.3) is 0 Å². The molecule has 2 fully saturated rings. The van der Waals surface area contributed by atoms with E-state index in [9.17, 15) is 0 Å². The summed E-state index contributed by atoms with van der Waals surface area (Å²) < 4.78 is 0. The molecule has 1 aromatic heterocycles. The van der Waals surface area contributed by atoms with Crippen LogP contribution in [-0.4, -0.2) is 36.6 Å². The van der Waals surface area contributed by atoms with Gasteiger partial charge in [-0.15, -0.1) is 11.3 Å². The summed E-state index contributed by atoms with van der Waals surface area (Å²) in [7, 11) is 0. The summed E-state index contributed by atoms with van der Waals surface area (Å²) in [4.78, 5) is 4.14. The summed E-state index contributed by atoms with van der Waals surface area (Å²) in [6, 6.07) is 6.04. The second-order valence-electron chi connectivity index (χ2n) is 5.06. The normalized spacial score (nSPS) is 26.4. The number of likely N-dealkylation sites (tertiary alicyclic amines) is 1. The van der Waals surface area contributed by atoms with Crippen molar-refractivity contribution in [2.24, 2.45) is 0 Å². The molecule has 16 heavy (non-hydrogen) atoms. The number of thiophene rings is 1. The van der Waals surface area contributed by atoms with Crippen LogP contribution in [0.15, 0.2) is 17.5 Å². The number of hydrogen-bond donors (Lipinski definition) is 1. The number of nitrogens with zero attached hydrogens (tertiary/aromatic N) is 1. The number of rotatable bonds is 5. The fourth-order valence-electron chi connectivity index (χ4n) is 2.48. The molecule has 1 aliphatic heterocycles. The Morgan fingerprint density at radius 1 is 1.31 bits per heavy atom. The minimum absolute atomic E-state index is 0.774. The fraction of sp³-hybridized carbons (Fsp3) is 0.692. The Morgan fingerprint density at radius 2 is 2.25 bits per heavy atom. The van der Waals surface area contributed by atoms with Gasteiger partial charge in [-0.2, -0.15) is 0 Å². The Balaban J connectivity index is 1.39. The van der Waals surface area contributed by atoms with Crippen molar-refractivity contribution in [2.75, 3.05) is 19.6 Å². The fourth-order valence-corrected chi connectivity index (χ4v) is 3.18. The zero-order valence-electron chi connectivity index (χ0n) is 9.69. The van der Waals surface area contributed by atoms with E-state index < -0.39 is 0 Å². The van der Waals surface area contributed by atoms with Gasteiger partial charge < -0.3 is 10.2 Å². The minimum atomic E-state index is 0.774. The summed E-state index contributed by atoms with van der Waals surface area (Å²) in [6.45, 7) is 3.79. The second-order valence-corrected chi connectivity index (χ2v) is 6.09. The van der Waals surface area contributed by atoms with Crippen LogP contribution >= 0.6 is 11.3 Å². The van der Waals surface area contributed by atoms with Crippen LogP contribution in [0.3, 0.4) is 0 Å². The SMILES string of the molecule is c1csc(CCN2CCC(NC3CC3)C2)c1. The zero-order chi connectivity index (χ0) is 10.8. The lowest BCUT2D eigenvalue weighted by atomic mass is 10.2. The van der Waals surface area contributed by atoms with E-state index in [1.54, 1.807) is 0 Å². The van der Waals surface area contributed by atoms with E-state index in [4.69, 9.17) is 0 Å². The maximum Gasteiger partial charge on any atom is 0.0209 e. The molecule has 0 amide bonds. The van der Waals surface area contributed by atoms with Crippen molar-refractivity contribution in [3.63, 3.8) is 0 Å². The van der Waals surface area contributed by atoms with Crippen LogP contribution in [0.2, 0.25) is 0 Å². The maximum atomic E-state index is 3.74. The van der Waals surface area contributed by atoms with E-state index in [0.717, 1.165) is 12.1 Å². The van der Waals surface area contributed by atoms with Crippen LogP contribution < -0.4 is 5.32 Å². The first kappa shape index (κ1) is 10.8. The lowest BCUT2D eigenvalue weighted by Gasteiger charge is -2.16. The quantitative estimate of drug-likeness (QED) is 0.842. The third kappa shape index (κ3) is 2.84. The van der Waals surface area contributed by atoms with Gasteiger partial charge in [0.05, 0.1) is 0 Å². The molecule has 1 aromatic rings. The standard InChI is InChI=1S/C13H20N2S/c1-2-13(16-9-1)6-8-15-7-5-12(10-15)14-11-3-4-11/h1-2,9,11-12,14H,3-8,10H2. The maximum absolute atomic E-state index is 3.74. The van der Waals surface area contributed by atoms with Crippen molar-refractivity contribution in [3.8, 4) is 0 Å². The minimum Gasteiger partial charge on any atom is -0.310 e. The van der Waals surface area contributed by atoms with Gasteiger partial charge in [-0.25, -0.2) is 0 Å². The smallest absolute Gasteiger partial charge is 0.0209 e. The van der Waals surface area contributed by atoms with Gasteiger partial charge in [0.2, 0.25) is 0 Å². The van der Waals surface area contributed by atoms with Gasteiger partial charge in [0.1, 0.15) is 0 Å². The first-order valence-corrected chi connectivity index (χ1v) is 7.29. The molecule has 0 radical (unpaired) electrons. The summed E-state index contributed by atoms with van der Waals surface area (Å²) in [5.74, 6) is 0. The highest BCUT2D eigenvalue weighted by Gasteiger charge is 2.28. The molecule has 0 bridgehead atoms. The van der Waals surface area contributed by atoms with Crippen LogP contribution in [0.1, 0.15) is 24.1 Å². The third-order valence-electron chi connectivity index (χ3n) is 3.58. The van der Waals surface area contributed by atoms with E-state index in [2.05, 4.69) is 27.7 Å². The molecule has 0 spiro atoms. The monoisotopic (exact) mass is 236 g/mol. The molecular weight excluding hydrogens is 216 g/mol. The van der Waals surface area contributed by atoms with E-state index >= 15 is 0 Å². The Morgan fingerprint density at radius 3 is 3.00 bits per heavy atom. The van der Waals surface area contributed by atoms with Crippen LogP contribution in [-0.2, 0) is 6.42 Å². The van der Waals surface area contributed by atoms with Gasteiger partial charge in [0, 0.05) is 30.1 Å². The highest BCUT2D eigenvalue weighted by molar-refractivity contribution is 7.09. The molecule has 1 saturated carbocycles. The summed E-state index contributed by atoms with van der Waals surface area (Å²) in [5, 5.41) is 5.91. The molecule has 2 aliphatic rings. The van der Waals surface area contributed by atoms with Crippen LogP contribution in [0.25, 0.3) is 0 Å². The van der Waals surface area contributed by atoms with Crippen molar-refractivity contribution in [1.29, 1.82) is 0 Å². The molecule has 1 aliphatic carbocycles. The Bertz CT molecular complexity index is 319. The molecule has 1 saturated heterocycles. The molecule has 88 valence electrons. The summed E-state index contributed by atoms with van der Waals surface area (Å²) in [5.41, 5.74) is 0. The first-order valence-electron chi connectivity index (χ1n) is 6.41. The predicted octanol–water partition coefficient (Wildman–Crippen LogP) is 2.12. The summed E-state index contributed by atoms with van der Waals surface area (Å²) in [6.07, 6.45) is 5.39. The molecule has 1 atom stereocenters. The molecule has 1 N–H and O–H groups in total. The lowest BCUT2D eigenvalue weighted by molar-refractivity contribution is 0.332. The zero-order valence-corrected chi connectivity index (χ0v) is 10.5. The van der Waals surface area contributed by atoms with Crippen molar-refractivity contribution >= 4 is 11.3 Å². The van der Waals surface area contributed by atoms with Crippen LogP contribution in [0, 0.1) is 0 Å². The third-order valence-corrected chi connectivity index (χ3v) is 4.51. The van der Waals surface area contributed by atoms with Crippen molar-refractivity contribution in [1.82, 2.24) is 10.2 Å². The number of hydrogen-bond acceptors (Lipinski definition) is 3. The van der Waals surface area contributed by atoms with Gasteiger partial charge in [-0.1, -0.05) is 6.07 Å². The topological polar surface area (TPSA) is 15.3 Å². The summed E-state index contributed by atoms with van der Waals surface area (Å²) >= 11 is 1.89. The van der Waals surface area contributed by atoms with Crippen molar-refractivity contribution < 1.29 is 0 Å². The molecule has 2 nitrogen and oxygen atoms in total. The molecule has 0 aromatic carbocycles. The Hall–Kier alpha value is -0.380. The molecule has 3 rings (SSSR count). The van der Waals surface area contributed by atoms with Gasteiger partial charge in [0.15, 0.2) is 0 Å². The average molecular weight is 236 g/mol. The Kier molecular flexibility index (Phi) is 3.27. The van der Waals surface area contributed by atoms with E-state index in [-0.39, 0.29) is 0 Å². The Labute approximate surface area is 102 Å². The lowest BCUT2D eigenvalue weighted by Crippen LogP contribution is -2.34. The van der Waals surface area contributed by atoms with Crippen molar-refractivity contribution in [3.05, 3.63) is 22.4 Å². The second kappa shape index (κ2) is 4.86. The van der Waals surface area contributed by atoms with Crippen molar-refractivity contribution in [2.45, 2.75) is 37.8 Å². The predicted molar refractivity (Wildman–Crippen MR) is 69.0 cm³/mol. The molecule has 3 heteroatoms. The van der Waals surface area contributed by atoms with E-state index in [0.29, 0.717) is 0 Å². The van der Waals surface area contributed by atoms with E-state index in [1.165, 1.54) is 50.2 Å². The highest BCUT2D eigenvalue weighted by Crippen LogP contribution is 2.22. The molecule has 1 unspecified atom stereocenters. The van der Waals surface area contributed by atoms with E-state index in [1.807, 2.05) is 11.3 Å². The largest absolute Gasteiger partial charge is 0.310 e. The van der Waals surface area contributed by atoms with Crippen LogP contribution in [0.4, 0.5) is 0 Å². The van der Waals surface area contributed by atoms with Gasteiger partial charge in [-0.05, 0) is 43.7 Å². The number of nitrogens with one attached hydrogen (secondary N) is 1. The van der Waals surface area contributed by atoms with Crippen LogP contribution in [0.5, 0.6) is 0 Å².